The highest BCUT2D eigenvalue weighted by atomic mass is 32.2. The van der Waals surface area contributed by atoms with Crippen molar-refractivity contribution in [3.63, 3.8) is 0 Å². The SMILES string of the molecule is Cc1ccc(S(=O)(=O)N2c3ccc(C(=O)NCc4ccco4)cc3C[C@@H]2C)cc1. The summed E-state index contributed by atoms with van der Waals surface area (Å²) >= 11 is 0. The van der Waals surface area contributed by atoms with Gasteiger partial charge in [-0.1, -0.05) is 17.7 Å². The topological polar surface area (TPSA) is 79.6 Å². The summed E-state index contributed by atoms with van der Waals surface area (Å²) in [5.74, 6) is 0.445. The maximum absolute atomic E-state index is 13.2. The Labute approximate surface area is 170 Å². The van der Waals surface area contributed by atoms with Crippen LogP contribution in [0.25, 0.3) is 0 Å². The fourth-order valence-corrected chi connectivity index (χ4v) is 5.31. The van der Waals surface area contributed by atoms with Gasteiger partial charge in [-0.15, -0.1) is 0 Å². The van der Waals surface area contributed by atoms with Crippen LogP contribution < -0.4 is 9.62 Å². The zero-order valence-electron chi connectivity index (χ0n) is 16.3. The van der Waals surface area contributed by atoms with E-state index >= 15 is 0 Å². The third kappa shape index (κ3) is 3.65. The molecule has 0 fully saturated rings. The number of carbonyl (C=O) groups excluding carboxylic acids is 1. The van der Waals surface area contributed by atoms with E-state index in [4.69, 9.17) is 4.42 Å². The molecule has 29 heavy (non-hydrogen) atoms. The molecular formula is C22H22N2O4S. The van der Waals surface area contributed by atoms with E-state index in [9.17, 15) is 13.2 Å². The molecule has 0 saturated carbocycles. The van der Waals surface area contributed by atoms with Gasteiger partial charge in [-0.25, -0.2) is 8.42 Å². The maximum Gasteiger partial charge on any atom is 0.264 e. The smallest absolute Gasteiger partial charge is 0.264 e. The van der Waals surface area contributed by atoms with Crippen molar-refractivity contribution < 1.29 is 17.6 Å². The summed E-state index contributed by atoms with van der Waals surface area (Å²) in [5, 5.41) is 2.81. The Morgan fingerprint density at radius 1 is 1.17 bits per heavy atom. The minimum Gasteiger partial charge on any atom is -0.467 e. The lowest BCUT2D eigenvalue weighted by Crippen LogP contribution is -2.35. The fraction of sp³-hybridized carbons (Fsp3) is 0.227. The molecule has 0 spiro atoms. The highest BCUT2D eigenvalue weighted by molar-refractivity contribution is 7.92. The molecule has 4 rings (SSSR count). The number of nitrogens with zero attached hydrogens (tertiary/aromatic N) is 1. The van der Waals surface area contributed by atoms with Crippen molar-refractivity contribution in [3.8, 4) is 0 Å². The summed E-state index contributed by atoms with van der Waals surface area (Å²) in [6.07, 6.45) is 2.11. The van der Waals surface area contributed by atoms with Gasteiger partial charge < -0.3 is 9.73 Å². The Kier molecular flexibility index (Phi) is 4.92. The molecule has 7 heteroatoms. The first-order valence-electron chi connectivity index (χ1n) is 9.41. The molecule has 0 bridgehead atoms. The van der Waals surface area contributed by atoms with Crippen LogP contribution in [-0.4, -0.2) is 20.4 Å². The molecule has 0 unspecified atom stereocenters. The van der Waals surface area contributed by atoms with E-state index in [0.717, 1.165) is 11.1 Å². The van der Waals surface area contributed by atoms with Gasteiger partial charge in [0.1, 0.15) is 5.76 Å². The third-order valence-corrected chi connectivity index (χ3v) is 7.02. The summed E-state index contributed by atoms with van der Waals surface area (Å²) < 4.78 is 33.1. The van der Waals surface area contributed by atoms with E-state index in [0.29, 0.717) is 30.0 Å². The van der Waals surface area contributed by atoms with Gasteiger partial charge in [0.05, 0.1) is 23.4 Å². The Morgan fingerprint density at radius 3 is 2.62 bits per heavy atom. The van der Waals surface area contributed by atoms with Gasteiger partial charge in [0.15, 0.2) is 0 Å². The zero-order valence-corrected chi connectivity index (χ0v) is 17.1. The first-order valence-corrected chi connectivity index (χ1v) is 10.8. The van der Waals surface area contributed by atoms with Crippen molar-refractivity contribution in [3.05, 3.63) is 83.3 Å². The van der Waals surface area contributed by atoms with Gasteiger partial charge in [-0.2, -0.15) is 0 Å². The third-order valence-electron chi connectivity index (χ3n) is 5.08. The van der Waals surface area contributed by atoms with Crippen LogP contribution in [0.3, 0.4) is 0 Å². The highest BCUT2D eigenvalue weighted by Crippen LogP contribution is 2.37. The normalized spacial score (nSPS) is 15.9. The summed E-state index contributed by atoms with van der Waals surface area (Å²) in [4.78, 5) is 12.7. The largest absolute Gasteiger partial charge is 0.467 e. The quantitative estimate of drug-likeness (QED) is 0.696. The maximum atomic E-state index is 13.2. The van der Waals surface area contributed by atoms with E-state index < -0.39 is 10.0 Å². The highest BCUT2D eigenvalue weighted by Gasteiger charge is 2.36. The number of hydrogen-bond acceptors (Lipinski definition) is 4. The lowest BCUT2D eigenvalue weighted by Gasteiger charge is -2.24. The van der Waals surface area contributed by atoms with Crippen LogP contribution in [0.2, 0.25) is 0 Å². The van der Waals surface area contributed by atoms with Crippen LogP contribution in [0.15, 0.2) is 70.2 Å². The predicted molar refractivity (Wildman–Crippen MR) is 110 cm³/mol. The van der Waals surface area contributed by atoms with Crippen LogP contribution >= 0.6 is 0 Å². The molecule has 1 amide bonds. The second-order valence-corrected chi connectivity index (χ2v) is 9.09. The van der Waals surface area contributed by atoms with Crippen LogP contribution in [-0.2, 0) is 23.0 Å². The average molecular weight is 410 g/mol. The van der Waals surface area contributed by atoms with E-state index in [2.05, 4.69) is 5.32 Å². The van der Waals surface area contributed by atoms with Crippen molar-refractivity contribution >= 4 is 21.6 Å². The van der Waals surface area contributed by atoms with E-state index in [-0.39, 0.29) is 16.8 Å². The second kappa shape index (κ2) is 7.40. The Morgan fingerprint density at radius 2 is 1.93 bits per heavy atom. The zero-order chi connectivity index (χ0) is 20.6. The summed E-state index contributed by atoms with van der Waals surface area (Å²) in [6, 6.07) is 15.3. The molecular weight excluding hydrogens is 388 g/mol. The number of nitrogens with one attached hydrogen (secondary N) is 1. The molecule has 2 heterocycles. The summed E-state index contributed by atoms with van der Waals surface area (Å²) in [5.41, 5.74) is 2.97. The predicted octanol–water partition coefficient (Wildman–Crippen LogP) is 3.66. The standard InChI is InChI=1S/C22H22N2O4S/c1-15-5-8-20(9-6-15)29(26,27)24-16(2)12-18-13-17(7-10-21(18)24)22(25)23-14-19-4-3-11-28-19/h3-11,13,16H,12,14H2,1-2H3,(H,23,25)/t16-/m0/s1. The van der Waals surface area contributed by atoms with Crippen molar-refractivity contribution in [2.24, 2.45) is 0 Å². The average Bonchev–Trinajstić information content (AvgIpc) is 3.32. The molecule has 6 nitrogen and oxygen atoms in total. The Bertz CT molecular complexity index is 1140. The lowest BCUT2D eigenvalue weighted by molar-refractivity contribution is 0.0948. The van der Waals surface area contributed by atoms with Crippen LogP contribution in [0.1, 0.15) is 34.2 Å². The van der Waals surface area contributed by atoms with Crippen molar-refractivity contribution in [2.45, 2.75) is 37.8 Å². The number of rotatable bonds is 5. The molecule has 150 valence electrons. The molecule has 0 radical (unpaired) electrons. The van der Waals surface area contributed by atoms with E-state index in [1.807, 2.05) is 13.8 Å². The minimum absolute atomic E-state index is 0.224. The molecule has 1 aromatic heterocycles. The Hall–Kier alpha value is -3.06. The summed E-state index contributed by atoms with van der Waals surface area (Å²) in [6.45, 7) is 4.10. The van der Waals surface area contributed by atoms with Crippen molar-refractivity contribution in [1.29, 1.82) is 0 Å². The molecule has 1 atom stereocenters. The van der Waals surface area contributed by atoms with E-state index in [1.165, 1.54) is 4.31 Å². The van der Waals surface area contributed by atoms with Crippen molar-refractivity contribution in [1.82, 2.24) is 5.32 Å². The van der Waals surface area contributed by atoms with Crippen LogP contribution in [0.4, 0.5) is 5.69 Å². The van der Waals surface area contributed by atoms with Gasteiger partial charge in [-0.3, -0.25) is 9.10 Å². The molecule has 0 saturated heterocycles. The fourth-order valence-electron chi connectivity index (χ4n) is 3.62. The monoisotopic (exact) mass is 410 g/mol. The second-order valence-electron chi connectivity index (χ2n) is 7.27. The van der Waals surface area contributed by atoms with Gasteiger partial charge >= 0.3 is 0 Å². The lowest BCUT2D eigenvalue weighted by atomic mass is 10.1. The molecule has 1 aliphatic rings. The molecule has 3 aromatic rings. The number of aryl methyl sites for hydroxylation is 1. The first kappa shape index (κ1) is 19.3. The number of fused-ring (bicyclic) bond motifs is 1. The van der Waals surface area contributed by atoms with Crippen LogP contribution in [0.5, 0.6) is 0 Å². The number of carbonyl (C=O) groups is 1. The molecule has 0 aliphatic carbocycles. The number of benzene rings is 2. The number of hydrogen-bond donors (Lipinski definition) is 1. The van der Waals surface area contributed by atoms with Crippen LogP contribution in [0, 0.1) is 6.92 Å². The number of anilines is 1. The minimum atomic E-state index is -3.67. The molecule has 2 aromatic carbocycles. The molecule has 1 N–H and O–H groups in total. The van der Waals surface area contributed by atoms with Gasteiger partial charge in [0, 0.05) is 11.6 Å². The first-order chi connectivity index (χ1) is 13.9. The van der Waals surface area contributed by atoms with Gasteiger partial charge in [0.25, 0.3) is 15.9 Å². The summed E-state index contributed by atoms with van der Waals surface area (Å²) in [7, 11) is -3.67. The number of amides is 1. The Balaban J connectivity index is 1.59. The van der Waals surface area contributed by atoms with Gasteiger partial charge in [0.2, 0.25) is 0 Å². The number of furan rings is 1. The van der Waals surface area contributed by atoms with E-state index in [1.54, 1.807) is 60.9 Å². The van der Waals surface area contributed by atoms with Gasteiger partial charge in [-0.05, 0) is 68.3 Å². The molecule has 1 aliphatic heterocycles. The number of sulfonamides is 1. The van der Waals surface area contributed by atoms with Crippen molar-refractivity contribution in [2.75, 3.05) is 4.31 Å².